The molecule has 1 N–H and O–H groups in total. The van der Waals surface area contributed by atoms with Crippen LogP contribution in [0, 0.1) is 11.2 Å². The van der Waals surface area contributed by atoms with Crippen LogP contribution in [0.1, 0.15) is 41.3 Å². The number of imide groups is 1. The summed E-state index contributed by atoms with van der Waals surface area (Å²) >= 11 is 0. The molecule has 3 aromatic rings. The second-order valence-corrected chi connectivity index (χ2v) is 11.3. The van der Waals surface area contributed by atoms with Crippen molar-refractivity contribution in [3.05, 3.63) is 77.1 Å². The van der Waals surface area contributed by atoms with Crippen molar-refractivity contribution in [1.29, 1.82) is 0 Å². The molecule has 224 valence electrons. The van der Waals surface area contributed by atoms with Crippen molar-refractivity contribution in [2.24, 2.45) is 5.41 Å². The van der Waals surface area contributed by atoms with E-state index in [4.69, 9.17) is 19.2 Å². The van der Waals surface area contributed by atoms with Gasteiger partial charge in [0.1, 0.15) is 0 Å². The van der Waals surface area contributed by atoms with E-state index in [2.05, 4.69) is 5.32 Å². The summed E-state index contributed by atoms with van der Waals surface area (Å²) in [6.07, 6.45) is 0. The predicted molar refractivity (Wildman–Crippen MR) is 154 cm³/mol. The van der Waals surface area contributed by atoms with Gasteiger partial charge in [-0.25, -0.2) is 14.2 Å². The molecule has 3 aliphatic rings. The lowest BCUT2D eigenvalue weighted by Gasteiger charge is -2.38. The van der Waals surface area contributed by atoms with Gasteiger partial charge in [-0.2, -0.15) is 0 Å². The number of urea groups is 1. The minimum absolute atomic E-state index is 0.00325. The van der Waals surface area contributed by atoms with Crippen LogP contribution in [0.5, 0.6) is 11.6 Å². The predicted octanol–water partition coefficient (Wildman–Crippen LogP) is 4.19. The Morgan fingerprint density at radius 1 is 0.860 bits per heavy atom. The van der Waals surface area contributed by atoms with Gasteiger partial charge in [-0.1, -0.05) is 44.2 Å². The van der Waals surface area contributed by atoms with Crippen LogP contribution in [-0.2, 0) is 14.3 Å². The lowest BCUT2D eigenvalue weighted by atomic mass is 9.69. The monoisotopic (exact) mass is 588 g/mol. The third kappa shape index (κ3) is 5.57. The van der Waals surface area contributed by atoms with E-state index in [0.717, 1.165) is 5.56 Å². The Morgan fingerprint density at radius 2 is 1.51 bits per heavy atom. The van der Waals surface area contributed by atoms with Crippen molar-refractivity contribution in [2.45, 2.75) is 19.8 Å². The number of morpholine rings is 2. The lowest BCUT2D eigenvalue weighted by Crippen LogP contribution is -2.52. The number of benzene rings is 2. The van der Waals surface area contributed by atoms with Gasteiger partial charge in [0.15, 0.2) is 11.6 Å². The first-order valence-corrected chi connectivity index (χ1v) is 14.4. The Hall–Kier alpha value is -4.35. The number of hydrogen-bond acceptors (Lipinski definition) is 7. The number of pyridine rings is 1. The summed E-state index contributed by atoms with van der Waals surface area (Å²) in [7, 11) is 0. The van der Waals surface area contributed by atoms with E-state index >= 15 is 4.39 Å². The average molecular weight is 589 g/mol. The van der Waals surface area contributed by atoms with Crippen LogP contribution < -0.4 is 10.1 Å². The van der Waals surface area contributed by atoms with Gasteiger partial charge in [0, 0.05) is 54.4 Å². The summed E-state index contributed by atoms with van der Waals surface area (Å²) in [6, 6.07) is 14.9. The van der Waals surface area contributed by atoms with Gasteiger partial charge in [0.05, 0.1) is 37.5 Å². The number of ether oxygens (including phenoxy) is 3. The molecule has 0 saturated carbocycles. The summed E-state index contributed by atoms with van der Waals surface area (Å²) in [5.41, 5.74) is 1.77. The molecule has 2 aromatic carbocycles. The number of aromatic nitrogens is 1. The zero-order valence-electron chi connectivity index (χ0n) is 24.1. The van der Waals surface area contributed by atoms with Gasteiger partial charge in [-0.05, 0) is 24.3 Å². The summed E-state index contributed by atoms with van der Waals surface area (Å²) in [6.45, 7) is 7.21. The molecule has 0 bridgehead atoms. The summed E-state index contributed by atoms with van der Waals surface area (Å²) in [5, 5.41) is 2.54. The Bertz CT molecular complexity index is 1550. The third-order valence-corrected chi connectivity index (χ3v) is 8.26. The van der Waals surface area contributed by atoms with Gasteiger partial charge in [0.2, 0.25) is 11.8 Å². The van der Waals surface area contributed by atoms with Crippen LogP contribution in [0.25, 0.3) is 11.3 Å². The van der Waals surface area contributed by atoms with Crippen LogP contribution in [-0.4, -0.2) is 85.2 Å². The largest absolute Gasteiger partial charge is 0.435 e. The maximum absolute atomic E-state index is 15.1. The summed E-state index contributed by atoms with van der Waals surface area (Å²) in [5.74, 6) is -1.62. The second-order valence-electron chi connectivity index (χ2n) is 11.3. The minimum Gasteiger partial charge on any atom is -0.435 e. The molecule has 2 saturated heterocycles. The second kappa shape index (κ2) is 11.7. The maximum atomic E-state index is 15.1. The normalized spacial score (nSPS) is 18.3. The molecule has 3 aliphatic heterocycles. The van der Waals surface area contributed by atoms with Gasteiger partial charge in [-0.15, -0.1) is 0 Å². The van der Waals surface area contributed by atoms with Gasteiger partial charge >= 0.3 is 6.03 Å². The standard InChI is InChI=1S/C32H33FN4O6/c1-32(2,30(39)35-31(40)37-14-18-42-19-15-37)26-22-4-3-5-24(33)27(22)43-28-23(26)10-11-25(34-28)20-6-8-21(9-7-20)29(38)36-12-16-41-17-13-36/h3-11,26H,12-19H2,1-2H3,(H,35,39,40)/t26-/m0/s1. The molecule has 0 radical (unpaired) electrons. The van der Waals surface area contributed by atoms with Crippen molar-refractivity contribution < 1.29 is 33.0 Å². The highest BCUT2D eigenvalue weighted by molar-refractivity contribution is 5.98. The topological polar surface area (TPSA) is 110 Å². The van der Waals surface area contributed by atoms with E-state index in [1.165, 1.54) is 11.0 Å². The number of para-hydroxylation sites is 1. The van der Waals surface area contributed by atoms with Gasteiger partial charge in [0.25, 0.3) is 5.91 Å². The van der Waals surface area contributed by atoms with E-state index < -0.39 is 29.1 Å². The zero-order valence-corrected chi connectivity index (χ0v) is 24.1. The number of nitrogens with one attached hydrogen (secondary N) is 1. The molecule has 2 fully saturated rings. The number of carbonyl (C=O) groups excluding carboxylic acids is 3. The zero-order chi connectivity index (χ0) is 30.1. The fraction of sp³-hybridized carbons (Fsp3) is 0.375. The molecule has 0 aliphatic carbocycles. The number of nitrogens with zero attached hydrogens (tertiary/aromatic N) is 3. The first-order chi connectivity index (χ1) is 20.7. The van der Waals surface area contributed by atoms with Crippen LogP contribution in [0.4, 0.5) is 9.18 Å². The smallest absolute Gasteiger partial charge is 0.324 e. The molecule has 4 amide bonds. The molecular formula is C32H33FN4O6. The number of fused-ring (bicyclic) bond motifs is 2. The number of amides is 4. The summed E-state index contributed by atoms with van der Waals surface area (Å²) in [4.78, 5) is 47.4. The maximum Gasteiger partial charge on any atom is 0.324 e. The highest BCUT2D eigenvalue weighted by Gasteiger charge is 2.45. The molecule has 4 heterocycles. The molecular weight excluding hydrogens is 555 g/mol. The molecule has 0 spiro atoms. The first kappa shape index (κ1) is 28.8. The quantitative estimate of drug-likeness (QED) is 0.487. The molecule has 6 rings (SSSR count). The van der Waals surface area contributed by atoms with Crippen LogP contribution in [0.2, 0.25) is 0 Å². The van der Waals surface area contributed by atoms with Crippen LogP contribution in [0.3, 0.4) is 0 Å². The Balaban J connectivity index is 1.30. The Kier molecular flexibility index (Phi) is 7.85. The molecule has 1 aromatic heterocycles. The van der Waals surface area contributed by atoms with E-state index in [1.807, 2.05) is 24.3 Å². The van der Waals surface area contributed by atoms with Gasteiger partial charge < -0.3 is 24.0 Å². The molecule has 10 nitrogen and oxygen atoms in total. The third-order valence-electron chi connectivity index (χ3n) is 8.26. The van der Waals surface area contributed by atoms with Crippen molar-refractivity contribution >= 4 is 17.8 Å². The molecule has 0 unspecified atom stereocenters. The lowest BCUT2D eigenvalue weighted by molar-refractivity contribution is -0.129. The van der Waals surface area contributed by atoms with Crippen molar-refractivity contribution in [3.8, 4) is 22.9 Å². The van der Waals surface area contributed by atoms with E-state index in [1.54, 1.807) is 43.0 Å². The summed E-state index contributed by atoms with van der Waals surface area (Å²) < 4.78 is 31.8. The van der Waals surface area contributed by atoms with Crippen molar-refractivity contribution in [3.63, 3.8) is 0 Å². The molecule has 11 heteroatoms. The van der Waals surface area contributed by atoms with E-state index in [0.29, 0.717) is 75.0 Å². The number of rotatable bonds is 4. The fourth-order valence-corrected chi connectivity index (χ4v) is 5.78. The number of hydrogen-bond donors (Lipinski definition) is 1. The van der Waals surface area contributed by atoms with E-state index in [-0.39, 0.29) is 17.5 Å². The highest BCUT2D eigenvalue weighted by atomic mass is 19.1. The van der Waals surface area contributed by atoms with Crippen LogP contribution >= 0.6 is 0 Å². The fourth-order valence-electron chi connectivity index (χ4n) is 5.78. The number of halogens is 1. The average Bonchev–Trinajstić information content (AvgIpc) is 3.04. The van der Waals surface area contributed by atoms with Crippen LogP contribution in [0.15, 0.2) is 54.6 Å². The Morgan fingerprint density at radius 3 is 2.19 bits per heavy atom. The van der Waals surface area contributed by atoms with Crippen molar-refractivity contribution in [2.75, 3.05) is 52.6 Å². The molecule has 1 atom stereocenters. The number of carbonyl (C=O) groups is 3. The van der Waals surface area contributed by atoms with Crippen molar-refractivity contribution in [1.82, 2.24) is 20.1 Å². The van der Waals surface area contributed by atoms with E-state index in [9.17, 15) is 14.4 Å². The Labute approximate surface area is 248 Å². The molecule has 43 heavy (non-hydrogen) atoms. The first-order valence-electron chi connectivity index (χ1n) is 14.4. The van der Waals surface area contributed by atoms with Gasteiger partial charge in [-0.3, -0.25) is 14.9 Å². The SMILES string of the molecule is CC(C)(C(=O)NC(=O)N1CCOCC1)[C@@H]1c2ccc(-c3ccc(C(=O)N4CCOCC4)cc3)nc2Oc2c(F)cccc21. The highest BCUT2D eigenvalue weighted by Crippen LogP contribution is 2.52. The minimum atomic E-state index is -1.19.